The SMILES string of the molecule is CC(C)OC1CC(N=C(N)Nc2ccc3c(c2)CCC3)C1. The Morgan fingerprint density at radius 2 is 2.05 bits per heavy atom. The number of nitrogens with zero attached hydrogens (tertiary/aromatic N) is 1. The van der Waals surface area contributed by atoms with Crippen molar-refractivity contribution < 1.29 is 4.74 Å². The van der Waals surface area contributed by atoms with E-state index in [9.17, 15) is 0 Å². The molecule has 0 radical (unpaired) electrons. The second-order valence-corrected chi connectivity index (χ2v) is 6.41. The normalized spacial score (nSPS) is 24.8. The molecule has 2 aliphatic rings. The third-order valence-electron chi connectivity index (χ3n) is 4.23. The number of anilines is 1. The summed E-state index contributed by atoms with van der Waals surface area (Å²) in [7, 11) is 0. The molecule has 0 saturated heterocycles. The third kappa shape index (κ3) is 3.56. The smallest absolute Gasteiger partial charge is 0.193 e. The molecule has 1 fully saturated rings. The Labute approximate surface area is 126 Å². The predicted molar refractivity (Wildman–Crippen MR) is 86.7 cm³/mol. The fourth-order valence-corrected chi connectivity index (χ4v) is 3.17. The number of nitrogens with two attached hydrogens (primary N) is 1. The van der Waals surface area contributed by atoms with Crippen molar-refractivity contribution in [1.29, 1.82) is 0 Å². The van der Waals surface area contributed by atoms with Crippen molar-refractivity contribution >= 4 is 11.6 Å². The van der Waals surface area contributed by atoms with E-state index in [4.69, 9.17) is 10.5 Å². The second-order valence-electron chi connectivity index (χ2n) is 6.41. The van der Waals surface area contributed by atoms with Crippen molar-refractivity contribution in [2.45, 2.75) is 64.2 Å². The molecule has 21 heavy (non-hydrogen) atoms. The molecule has 0 heterocycles. The highest BCUT2D eigenvalue weighted by Gasteiger charge is 2.30. The van der Waals surface area contributed by atoms with E-state index in [1.165, 1.54) is 30.4 Å². The van der Waals surface area contributed by atoms with Crippen LogP contribution in [0.25, 0.3) is 0 Å². The Hall–Kier alpha value is -1.55. The molecular formula is C17H25N3O. The molecule has 0 bridgehead atoms. The van der Waals surface area contributed by atoms with Gasteiger partial charge in [0.1, 0.15) is 0 Å². The zero-order valence-corrected chi connectivity index (χ0v) is 12.9. The minimum atomic E-state index is 0.293. The van der Waals surface area contributed by atoms with Gasteiger partial charge in [-0.15, -0.1) is 0 Å². The van der Waals surface area contributed by atoms with E-state index in [0.717, 1.165) is 18.5 Å². The van der Waals surface area contributed by atoms with Gasteiger partial charge in [-0.25, -0.2) is 4.99 Å². The van der Waals surface area contributed by atoms with Crippen molar-refractivity contribution in [3.63, 3.8) is 0 Å². The lowest BCUT2D eigenvalue weighted by Gasteiger charge is -2.33. The van der Waals surface area contributed by atoms with Crippen LogP contribution in [0, 0.1) is 0 Å². The maximum Gasteiger partial charge on any atom is 0.193 e. The number of benzene rings is 1. The van der Waals surface area contributed by atoms with E-state index in [-0.39, 0.29) is 0 Å². The van der Waals surface area contributed by atoms with Crippen LogP contribution in [0.1, 0.15) is 44.2 Å². The summed E-state index contributed by atoms with van der Waals surface area (Å²) in [5.41, 5.74) is 9.98. The van der Waals surface area contributed by atoms with Gasteiger partial charge in [-0.2, -0.15) is 0 Å². The van der Waals surface area contributed by atoms with Crippen LogP contribution in [0.3, 0.4) is 0 Å². The van der Waals surface area contributed by atoms with Crippen LogP contribution in [0.15, 0.2) is 23.2 Å². The Kier molecular flexibility index (Phi) is 4.15. The topological polar surface area (TPSA) is 59.6 Å². The van der Waals surface area contributed by atoms with Crippen LogP contribution < -0.4 is 11.1 Å². The van der Waals surface area contributed by atoms with Crippen LogP contribution in [0.2, 0.25) is 0 Å². The first-order valence-corrected chi connectivity index (χ1v) is 7.97. The summed E-state index contributed by atoms with van der Waals surface area (Å²) in [4.78, 5) is 4.53. The number of fused-ring (bicyclic) bond motifs is 1. The Morgan fingerprint density at radius 1 is 1.29 bits per heavy atom. The third-order valence-corrected chi connectivity index (χ3v) is 4.23. The molecule has 1 aromatic carbocycles. The first-order chi connectivity index (χ1) is 10.1. The van der Waals surface area contributed by atoms with Crippen molar-refractivity contribution in [2.75, 3.05) is 5.32 Å². The number of hydrogen-bond donors (Lipinski definition) is 2. The van der Waals surface area contributed by atoms with Gasteiger partial charge in [-0.05, 0) is 69.2 Å². The monoisotopic (exact) mass is 287 g/mol. The molecule has 0 aliphatic heterocycles. The summed E-state index contributed by atoms with van der Waals surface area (Å²) < 4.78 is 5.74. The number of ether oxygens (including phenoxy) is 1. The molecule has 3 rings (SSSR count). The summed E-state index contributed by atoms with van der Waals surface area (Å²) in [6.07, 6.45) is 6.25. The molecule has 0 aromatic heterocycles. The fraction of sp³-hybridized carbons (Fsp3) is 0.588. The molecular weight excluding hydrogens is 262 g/mol. The lowest BCUT2D eigenvalue weighted by Crippen LogP contribution is -2.38. The molecule has 2 aliphatic carbocycles. The van der Waals surface area contributed by atoms with E-state index in [1.807, 2.05) is 0 Å². The molecule has 114 valence electrons. The number of aryl methyl sites for hydroxylation is 2. The van der Waals surface area contributed by atoms with E-state index in [0.29, 0.717) is 24.2 Å². The molecule has 1 aromatic rings. The molecule has 4 heteroatoms. The standard InChI is InChI=1S/C17H25N3O/c1-11(2)21-16-9-15(10-16)20-17(18)19-14-7-6-12-4-3-5-13(12)8-14/h6-8,11,15-16H,3-5,9-10H2,1-2H3,(H3,18,19,20). The first kappa shape index (κ1) is 14.4. The van der Waals surface area contributed by atoms with E-state index in [2.05, 4.69) is 42.4 Å². The summed E-state index contributed by atoms with van der Waals surface area (Å²) in [6.45, 7) is 4.14. The summed E-state index contributed by atoms with van der Waals surface area (Å²) in [5.74, 6) is 0.515. The maximum atomic E-state index is 6.01. The van der Waals surface area contributed by atoms with Gasteiger partial charge < -0.3 is 15.8 Å². The van der Waals surface area contributed by atoms with E-state index >= 15 is 0 Å². The van der Waals surface area contributed by atoms with E-state index in [1.54, 1.807) is 0 Å². The van der Waals surface area contributed by atoms with Gasteiger partial charge in [0.2, 0.25) is 0 Å². The van der Waals surface area contributed by atoms with Gasteiger partial charge in [0.15, 0.2) is 5.96 Å². The zero-order valence-electron chi connectivity index (χ0n) is 12.9. The molecule has 0 unspecified atom stereocenters. The van der Waals surface area contributed by atoms with Gasteiger partial charge in [0.25, 0.3) is 0 Å². The minimum Gasteiger partial charge on any atom is -0.375 e. The summed E-state index contributed by atoms with van der Waals surface area (Å²) in [6, 6.07) is 6.80. The van der Waals surface area contributed by atoms with Gasteiger partial charge in [-0.1, -0.05) is 6.07 Å². The molecule has 0 amide bonds. The van der Waals surface area contributed by atoms with Crippen molar-refractivity contribution in [1.82, 2.24) is 0 Å². The summed E-state index contributed by atoms with van der Waals surface area (Å²) >= 11 is 0. The highest BCUT2D eigenvalue weighted by molar-refractivity contribution is 5.92. The molecule has 3 N–H and O–H groups in total. The van der Waals surface area contributed by atoms with Crippen LogP contribution in [-0.4, -0.2) is 24.2 Å². The summed E-state index contributed by atoms with van der Waals surface area (Å²) in [5, 5.41) is 3.21. The second kappa shape index (κ2) is 6.06. The number of hydrogen-bond acceptors (Lipinski definition) is 2. The minimum absolute atomic E-state index is 0.293. The first-order valence-electron chi connectivity index (χ1n) is 7.97. The van der Waals surface area contributed by atoms with Crippen LogP contribution in [-0.2, 0) is 17.6 Å². The zero-order chi connectivity index (χ0) is 14.8. The van der Waals surface area contributed by atoms with Crippen LogP contribution >= 0.6 is 0 Å². The quantitative estimate of drug-likeness (QED) is 0.661. The lowest BCUT2D eigenvalue weighted by molar-refractivity contribution is -0.0428. The molecule has 4 nitrogen and oxygen atoms in total. The average molecular weight is 287 g/mol. The van der Waals surface area contributed by atoms with Gasteiger partial charge in [-0.3, -0.25) is 0 Å². The number of aliphatic imine (C=N–C) groups is 1. The number of guanidine groups is 1. The van der Waals surface area contributed by atoms with Gasteiger partial charge >= 0.3 is 0 Å². The number of nitrogens with one attached hydrogen (secondary N) is 1. The largest absolute Gasteiger partial charge is 0.375 e. The van der Waals surface area contributed by atoms with Crippen LogP contribution in [0.5, 0.6) is 0 Å². The van der Waals surface area contributed by atoms with Gasteiger partial charge in [0.05, 0.1) is 18.2 Å². The Balaban J connectivity index is 1.52. The number of rotatable bonds is 4. The van der Waals surface area contributed by atoms with Crippen molar-refractivity contribution in [3.05, 3.63) is 29.3 Å². The lowest BCUT2D eigenvalue weighted by atomic mass is 9.90. The van der Waals surface area contributed by atoms with Crippen LogP contribution in [0.4, 0.5) is 5.69 Å². The average Bonchev–Trinajstić information content (AvgIpc) is 2.83. The maximum absolute atomic E-state index is 6.01. The molecule has 0 spiro atoms. The van der Waals surface area contributed by atoms with E-state index < -0.39 is 0 Å². The predicted octanol–water partition coefficient (Wildman–Crippen LogP) is 2.86. The van der Waals surface area contributed by atoms with Crippen molar-refractivity contribution in [2.24, 2.45) is 10.7 Å². The Bertz CT molecular complexity index is 533. The molecule has 0 atom stereocenters. The Morgan fingerprint density at radius 3 is 2.81 bits per heavy atom. The highest BCUT2D eigenvalue weighted by Crippen LogP contribution is 2.28. The van der Waals surface area contributed by atoms with Crippen molar-refractivity contribution in [3.8, 4) is 0 Å². The van der Waals surface area contributed by atoms with Gasteiger partial charge in [0, 0.05) is 5.69 Å². The highest BCUT2D eigenvalue weighted by atomic mass is 16.5. The molecule has 1 saturated carbocycles. The fourth-order valence-electron chi connectivity index (χ4n) is 3.17.